The smallest absolute Gasteiger partial charge is 0.435 e. The minimum absolute atomic E-state index is 0.0200. The highest BCUT2D eigenvalue weighted by Gasteiger charge is 2.35. The first-order valence-electron chi connectivity index (χ1n) is 10.6. The maximum atomic E-state index is 13.2. The van der Waals surface area contributed by atoms with Crippen molar-refractivity contribution in [3.05, 3.63) is 22.4 Å². The number of hydrogen-bond acceptors (Lipinski definition) is 11. The Hall–Kier alpha value is -1.08. The summed E-state index contributed by atoms with van der Waals surface area (Å²) in [6.07, 6.45) is 2.55. The van der Waals surface area contributed by atoms with Crippen LogP contribution in [0.1, 0.15) is 39.2 Å². The van der Waals surface area contributed by atoms with Gasteiger partial charge in [0, 0.05) is 24.0 Å². The largest absolute Gasteiger partial charge is 0.511 e. The molecule has 1 amide bonds. The van der Waals surface area contributed by atoms with Gasteiger partial charge in [0.2, 0.25) is 12.2 Å². The van der Waals surface area contributed by atoms with Gasteiger partial charge >= 0.3 is 12.1 Å². The van der Waals surface area contributed by atoms with E-state index in [9.17, 15) is 14.4 Å². The van der Waals surface area contributed by atoms with Crippen LogP contribution in [-0.4, -0.2) is 60.3 Å². The number of amides is 1. The number of thioether (sulfide) groups is 1. The quantitative estimate of drug-likeness (QED) is 0.132. The molecule has 0 aliphatic carbocycles. The van der Waals surface area contributed by atoms with Crippen LogP contribution in [0.3, 0.4) is 0 Å². The third kappa shape index (κ3) is 11.3. The highest BCUT2D eigenvalue weighted by Crippen LogP contribution is 2.28. The molecule has 1 heterocycles. The van der Waals surface area contributed by atoms with Crippen LogP contribution < -0.4 is 11.1 Å². The number of carbonyl (C=O) groups is 3. The Kier molecular flexibility index (Phi) is 15.0. The lowest BCUT2D eigenvalue weighted by molar-refractivity contribution is -0.170. The van der Waals surface area contributed by atoms with E-state index in [1.807, 2.05) is 6.26 Å². The molecule has 1 aromatic rings. The van der Waals surface area contributed by atoms with Gasteiger partial charge in [0.15, 0.2) is 0 Å². The highest BCUT2D eigenvalue weighted by atomic mass is 33.1. The minimum atomic E-state index is -1.15. The number of thiol groups is 1. The van der Waals surface area contributed by atoms with Gasteiger partial charge in [0.25, 0.3) is 0 Å². The average Bonchev–Trinajstić information content (AvgIpc) is 3.26. The summed E-state index contributed by atoms with van der Waals surface area (Å²) in [6, 6.07) is 0.726. The van der Waals surface area contributed by atoms with Crippen LogP contribution in [-0.2, 0) is 30.2 Å². The van der Waals surface area contributed by atoms with E-state index in [-0.39, 0.29) is 17.8 Å². The van der Waals surface area contributed by atoms with Gasteiger partial charge in [0.1, 0.15) is 6.04 Å². The van der Waals surface area contributed by atoms with Crippen molar-refractivity contribution in [1.29, 1.82) is 0 Å². The summed E-state index contributed by atoms with van der Waals surface area (Å²) in [5, 5.41) is 6.87. The van der Waals surface area contributed by atoms with E-state index in [1.54, 1.807) is 30.0 Å². The van der Waals surface area contributed by atoms with Crippen molar-refractivity contribution in [3.63, 3.8) is 0 Å². The zero-order valence-electron chi connectivity index (χ0n) is 19.4. The topological polar surface area (TPSA) is 117 Å². The van der Waals surface area contributed by atoms with Gasteiger partial charge < -0.3 is 25.3 Å². The molecule has 0 saturated carbocycles. The summed E-state index contributed by atoms with van der Waals surface area (Å²) in [4.78, 5) is 36.9. The van der Waals surface area contributed by atoms with E-state index in [4.69, 9.17) is 15.2 Å². The van der Waals surface area contributed by atoms with Crippen molar-refractivity contribution in [2.24, 2.45) is 11.7 Å². The molecule has 0 radical (unpaired) electrons. The molecule has 0 saturated heterocycles. The number of aryl methyl sites for hydroxylation is 1. The van der Waals surface area contributed by atoms with E-state index >= 15 is 0 Å². The lowest BCUT2D eigenvalue weighted by Crippen LogP contribution is -2.52. The Morgan fingerprint density at radius 2 is 2.00 bits per heavy atom. The molecule has 0 aromatic carbocycles. The van der Waals surface area contributed by atoms with Gasteiger partial charge in [-0.2, -0.15) is 23.1 Å². The van der Waals surface area contributed by atoms with Gasteiger partial charge in [-0.15, -0.1) is 11.7 Å². The molecule has 12 heteroatoms. The van der Waals surface area contributed by atoms with E-state index in [0.29, 0.717) is 5.75 Å². The molecule has 3 N–H and O–H groups in total. The Labute approximate surface area is 213 Å². The molecular formula is C21H34N2O6S4. The summed E-state index contributed by atoms with van der Waals surface area (Å²) in [5.41, 5.74) is 7.64. The van der Waals surface area contributed by atoms with Crippen molar-refractivity contribution in [1.82, 2.24) is 5.32 Å². The van der Waals surface area contributed by atoms with Crippen molar-refractivity contribution in [3.8, 4) is 0 Å². The van der Waals surface area contributed by atoms with Crippen molar-refractivity contribution in [2.75, 3.05) is 18.6 Å². The maximum absolute atomic E-state index is 13.2. The third-order valence-electron chi connectivity index (χ3n) is 4.79. The number of hydrogen-bond donors (Lipinski definition) is 3. The van der Waals surface area contributed by atoms with E-state index in [2.05, 4.69) is 38.5 Å². The lowest BCUT2D eigenvalue weighted by atomic mass is 9.92. The van der Waals surface area contributed by atoms with Gasteiger partial charge in [-0.3, -0.25) is 4.79 Å². The molecule has 0 aliphatic rings. The molecular weight excluding hydrogens is 505 g/mol. The van der Waals surface area contributed by atoms with Gasteiger partial charge in [0.05, 0.1) is 12.5 Å². The van der Waals surface area contributed by atoms with Crippen molar-refractivity contribution in [2.45, 2.75) is 63.7 Å². The molecule has 0 spiro atoms. The first-order chi connectivity index (χ1) is 15.7. The summed E-state index contributed by atoms with van der Waals surface area (Å²) < 4.78 is 14.5. The van der Waals surface area contributed by atoms with Gasteiger partial charge in [-0.05, 0) is 61.8 Å². The molecule has 188 valence electrons. The van der Waals surface area contributed by atoms with E-state index in [0.717, 1.165) is 19.3 Å². The molecule has 5 atom stereocenters. The van der Waals surface area contributed by atoms with E-state index < -0.39 is 36.4 Å². The Bertz CT molecular complexity index is 722. The molecule has 1 rings (SSSR count). The predicted molar refractivity (Wildman–Crippen MR) is 139 cm³/mol. The van der Waals surface area contributed by atoms with Crippen LogP contribution in [0.2, 0.25) is 0 Å². The fourth-order valence-corrected chi connectivity index (χ4v) is 5.78. The molecule has 0 fully saturated rings. The SMILES string of the molecule is CCOC(=O)OC(C)OC(=O)C(C)NC(=O)C(C(N)CSS)C(CCCc1ccsc1)SC. The third-order valence-corrected chi connectivity index (χ3v) is 7.63. The standard InChI is InChI=1S/C21H34N2O6S4/c1-5-27-21(26)29-14(3)28-20(25)13(2)23-19(24)18(16(22)12-33-30)17(31-4)8-6-7-15-9-10-32-11-15/h9-11,13-14,16-18,30H,5-8,12,22H2,1-4H3,(H,23,24). The van der Waals surface area contributed by atoms with Crippen LogP contribution in [0.15, 0.2) is 16.8 Å². The second-order valence-corrected chi connectivity index (χ2v) is 10.5. The molecule has 8 nitrogen and oxygen atoms in total. The number of carbonyl (C=O) groups excluding carboxylic acids is 3. The first-order valence-corrected chi connectivity index (χ1v) is 14.9. The zero-order chi connectivity index (χ0) is 24.8. The predicted octanol–water partition coefficient (Wildman–Crippen LogP) is 3.89. The maximum Gasteiger partial charge on any atom is 0.511 e. The van der Waals surface area contributed by atoms with Crippen LogP contribution in [0.25, 0.3) is 0 Å². The number of esters is 1. The summed E-state index contributed by atoms with van der Waals surface area (Å²) in [6.45, 7) is 4.68. The molecule has 0 bridgehead atoms. The Balaban J connectivity index is 2.73. The highest BCUT2D eigenvalue weighted by molar-refractivity contribution is 8.68. The normalized spacial score (nSPS) is 15.6. The second-order valence-electron chi connectivity index (χ2n) is 7.32. The summed E-state index contributed by atoms with van der Waals surface area (Å²) in [5.74, 6) is -1.06. The Morgan fingerprint density at radius 1 is 1.27 bits per heavy atom. The second kappa shape index (κ2) is 16.5. The first kappa shape index (κ1) is 30.0. The number of ether oxygens (including phenoxy) is 3. The average molecular weight is 539 g/mol. The fraction of sp³-hybridized carbons (Fsp3) is 0.667. The molecule has 1 aromatic heterocycles. The van der Waals surface area contributed by atoms with Crippen LogP contribution >= 0.6 is 45.6 Å². The van der Waals surface area contributed by atoms with E-state index in [1.165, 1.54) is 30.2 Å². The number of nitrogens with two attached hydrogens (primary N) is 1. The molecule has 0 aliphatic heterocycles. The number of nitrogens with one attached hydrogen (secondary N) is 1. The van der Waals surface area contributed by atoms with Crippen LogP contribution in [0.4, 0.5) is 4.79 Å². The monoisotopic (exact) mass is 538 g/mol. The molecule has 33 heavy (non-hydrogen) atoms. The summed E-state index contributed by atoms with van der Waals surface area (Å²) >= 11 is 7.45. The zero-order valence-corrected chi connectivity index (χ0v) is 22.7. The lowest BCUT2D eigenvalue weighted by Gasteiger charge is -2.30. The molecule has 5 unspecified atom stereocenters. The summed E-state index contributed by atoms with van der Waals surface area (Å²) in [7, 11) is 1.28. The van der Waals surface area contributed by atoms with Crippen LogP contribution in [0.5, 0.6) is 0 Å². The minimum Gasteiger partial charge on any atom is -0.435 e. The Morgan fingerprint density at radius 3 is 2.58 bits per heavy atom. The van der Waals surface area contributed by atoms with Gasteiger partial charge in [-0.1, -0.05) is 10.8 Å². The van der Waals surface area contributed by atoms with Crippen molar-refractivity contribution >= 4 is 63.6 Å². The fourth-order valence-electron chi connectivity index (χ4n) is 3.16. The number of rotatable bonds is 15. The number of thiophene rings is 1. The van der Waals surface area contributed by atoms with Crippen LogP contribution in [0, 0.1) is 5.92 Å². The van der Waals surface area contributed by atoms with Crippen molar-refractivity contribution < 1.29 is 28.6 Å². The van der Waals surface area contributed by atoms with Gasteiger partial charge in [-0.25, -0.2) is 9.59 Å².